The molecule has 6 heteroatoms. The minimum absolute atomic E-state index is 0.00811. The monoisotopic (exact) mass is 344 g/mol. The van der Waals surface area contributed by atoms with E-state index in [0.29, 0.717) is 32.6 Å². The van der Waals surface area contributed by atoms with E-state index in [9.17, 15) is 9.59 Å². The number of aliphatic hydroxyl groups is 1. The van der Waals surface area contributed by atoms with Crippen LogP contribution in [-0.2, 0) is 9.59 Å². The maximum absolute atomic E-state index is 11.7. The molecule has 0 aliphatic carbocycles. The number of amides is 1. The number of aliphatic carboxylic acids is 1. The first-order valence-electron chi connectivity index (χ1n) is 9.41. The summed E-state index contributed by atoms with van der Waals surface area (Å²) in [5.41, 5.74) is 0. The van der Waals surface area contributed by atoms with Crippen molar-refractivity contribution in [3.05, 3.63) is 0 Å². The summed E-state index contributed by atoms with van der Waals surface area (Å²) in [5, 5.41) is 20.5. The van der Waals surface area contributed by atoms with Crippen LogP contribution < -0.4 is 5.32 Å². The molecule has 24 heavy (non-hydrogen) atoms. The molecular formula is C18H36N2O4. The molecule has 0 aromatic rings. The predicted molar refractivity (Wildman–Crippen MR) is 96.0 cm³/mol. The standard InChI is InChI=1S/C18H36N2O4/c1-2-3-4-5-6-7-8-9-10-17(22)19-12-14-20(15-16-21)13-11-18(23)24/h21H,2-16H2,1H3,(H,19,22)(H,23,24). The number of nitrogens with zero attached hydrogens (tertiary/aromatic N) is 1. The average Bonchev–Trinajstić information content (AvgIpc) is 2.55. The minimum atomic E-state index is -0.850. The molecule has 6 nitrogen and oxygen atoms in total. The Kier molecular flexibility index (Phi) is 15.9. The van der Waals surface area contributed by atoms with E-state index in [1.807, 2.05) is 4.90 Å². The SMILES string of the molecule is CCCCCCCCCCC(=O)NCCN(CCO)CCC(=O)O. The summed E-state index contributed by atoms with van der Waals surface area (Å²) in [6, 6.07) is 0. The molecule has 0 aromatic carbocycles. The molecule has 0 atom stereocenters. The Bertz CT molecular complexity index is 324. The van der Waals surface area contributed by atoms with Gasteiger partial charge in [-0.3, -0.25) is 14.5 Å². The fraction of sp³-hybridized carbons (Fsp3) is 0.889. The highest BCUT2D eigenvalue weighted by Gasteiger charge is 2.08. The molecule has 1 amide bonds. The van der Waals surface area contributed by atoms with Crippen molar-refractivity contribution in [3.63, 3.8) is 0 Å². The van der Waals surface area contributed by atoms with E-state index in [0.717, 1.165) is 12.8 Å². The van der Waals surface area contributed by atoms with Crippen molar-refractivity contribution in [1.82, 2.24) is 10.2 Å². The summed E-state index contributed by atoms with van der Waals surface area (Å²) < 4.78 is 0. The van der Waals surface area contributed by atoms with E-state index >= 15 is 0 Å². The van der Waals surface area contributed by atoms with Gasteiger partial charge in [-0.15, -0.1) is 0 Å². The number of carbonyl (C=O) groups excluding carboxylic acids is 1. The van der Waals surface area contributed by atoms with Crippen LogP contribution in [0.1, 0.15) is 71.1 Å². The molecule has 142 valence electrons. The zero-order chi connectivity index (χ0) is 18.0. The molecule has 0 spiro atoms. The Hall–Kier alpha value is -1.14. The van der Waals surface area contributed by atoms with Gasteiger partial charge in [0.05, 0.1) is 13.0 Å². The molecule has 0 unspecified atom stereocenters. The molecule has 0 radical (unpaired) electrons. The molecule has 0 rings (SSSR count). The Balaban J connectivity index is 3.57. The zero-order valence-corrected chi connectivity index (χ0v) is 15.3. The molecular weight excluding hydrogens is 308 g/mol. The topological polar surface area (TPSA) is 89.9 Å². The van der Waals surface area contributed by atoms with Gasteiger partial charge >= 0.3 is 5.97 Å². The lowest BCUT2D eigenvalue weighted by molar-refractivity contribution is -0.137. The summed E-state index contributed by atoms with van der Waals surface area (Å²) in [7, 11) is 0. The molecule has 0 saturated carbocycles. The van der Waals surface area contributed by atoms with Gasteiger partial charge in [0.2, 0.25) is 5.91 Å². The van der Waals surface area contributed by atoms with Crippen molar-refractivity contribution in [2.45, 2.75) is 71.1 Å². The van der Waals surface area contributed by atoms with Crippen LogP contribution in [0.5, 0.6) is 0 Å². The largest absolute Gasteiger partial charge is 0.481 e. The number of aliphatic hydroxyl groups excluding tert-OH is 1. The Morgan fingerprint density at radius 2 is 1.50 bits per heavy atom. The second-order valence-corrected chi connectivity index (χ2v) is 6.28. The fourth-order valence-electron chi connectivity index (χ4n) is 2.59. The lowest BCUT2D eigenvalue weighted by atomic mass is 10.1. The predicted octanol–water partition coefficient (Wildman–Crippen LogP) is 2.40. The highest BCUT2D eigenvalue weighted by atomic mass is 16.4. The van der Waals surface area contributed by atoms with Crippen LogP contribution >= 0.6 is 0 Å². The number of carboxylic acids is 1. The molecule has 0 heterocycles. The Morgan fingerprint density at radius 1 is 0.875 bits per heavy atom. The summed E-state index contributed by atoms with van der Waals surface area (Å²) in [4.78, 5) is 24.2. The van der Waals surface area contributed by atoms with Crippen LogP contribution in [0.3, 0.4) is 0 Å². The lowest BCUT2D eigenvalue weighted by Crippen LogP contribution is -2.37. The van der Waals surface area contributed by atoms with Crippen molar-refractivity contribution in [2.75, 3.05) is 32.8 Å². The molecule has 0 bridgehead atoms. The highest BCUT2D eigenvalue weighted by Crippen LogP contribution is 2.09. The van der Waals surface area contributed by atoms with Gasteiger partial charge in [0, 0.05) is 32.6 Å². The van der Waals surface area contributed by atoms with Crippen molar-refractivity contribution >= 4 is 11.9 Å². The normalized spacial score (nSPS) is 11.0. The molecule has 0 saturated heterocycles. The van der Waals surface area contributed by atoms with Crippen LogP contribution in [-0.4, -0.2) is 59.8 Å². The first-order valence-corrected chi connectivity index (χ1v) is 9.41. The fourth-order valence-corrected chi connectivity index (χ4v) is 2.59. The van der Waals surface area contributed by atoms with Crippen molar-refractivity contribution in [2.24, 2.45) is 0 Å². The third kappa shape index (κ3) is 15.7. The number of hydrogen-bond acceptors (Lipinski definition) is 4. The first-order chi connectivity index (χ1) is 11.6. The summed E-state index contributed by atoms with van der Waals surface area (Å²) in [5.74, 6) is -0.792. The van der Waals surface area contributed by atoms with Crippen molar-refractivity contribution < 1.29 is 19.8 Å². The smallest absolute Gasteiger partial charge is 0.304 e. The van der Waals surface area contributed by atoms with Gasteiger partial charge in [-0.25, -0.2) is 0 Å². The Labute approximate surface area is 146 Å². The van der Waals surface area contributed by atoms with E-state index in [1.54, 1.807) is 0 Å². The Morgan fingerprint density at radius 3 is 2.08 bits per heavy atom. The van der Waals surface area contributed by atoms with Crippen molar-refractivity contribution in [3.8, 4) is 0 Å². The van der Waals surface area contributed by atoms with E-state index in [-0.39, 0.29) is 18.9 Å². The van der Waals surface area contributed by atoms with E-state index in [4.69, 9.17) is 10.2 Å². The number of hydrogen-bond donors (Lipinski definition) is 3. The maximum Gasteiger partial charge on any atom is 0.304 e. The second-order valence-electron chi connectivity index (χ2n) is 6.28. The summed E-state index contributed by atoms with van der Waals surface area (Å²) >= 11 is 0. The molecule has 3 N–H and O–H groups in total. The molecule has 0 aliphatic rings. The number of carbonyl (C=O) groups is 2. The van der Waals surface area contributed by atoms with Crippen LogP contribution in [0.25, 0.3) is 0 Å². The van der Waals surface area contributed by atoms with Gasteiger partial charge in [-0.2, -0.15) is 0 Å². The quantitative estimate of drug-likeness (QED) is 0.353. The second kappa shape index (κ2) is 16.7. The average molecular weight is 344 g/mol. The van der Waals surface area contributed by atoms with Crippen LogP contribution in [0.2, 0.25) is 0 Å². The van der Waals surface area contributed by atoms with Gasteiger partial charge in [-0.05, 0) is 6.42 Å². The van der Waals surface area contributed by atoms with Gasteiger partial charge in [0.15, 0.2) is 0 Å². The van der Waals surface area contributed by atoms with Gasteiger partial charge in [-0.1, -0.05) is 51.9 Å². The summed E-state index contributed by atoms with van der Waals surface area (Å²) in [6.45, 7) is 4.09. The highest BCUT2D eigenvalue weighted by molar-refractivity contribution is 5.75. The molecule has 0 aromatic heterocycles. The molecule has 0 aliphatic heterocycles. The van der Waals surface area contributed by atoms with E-state index < -0.39 is 5.97 Å². The van der Waals surface area contributed by atoms with Crippen LogP contribution in [0.4, 0.5) is 0 Å². The van der Waals surface area contributed by atoms with Gasteiger partial charge in [0.1, 0.15) is 0 Å². The van der Waals surface area contributed by atoms with Crippen LogP contribution in [0.15, 0.2) is 0 Å². The minimum Gasteiger partial charge on any atom is -0.481 e. The van der Waals surface area contributed by atoms with E-state index in [2.05, 4.69) is 12.2 Å². The van der Waals surface area contributed by atoms with E-state index in [1.165, 1.54) is 38.5 Å². The lowest BCUT2D eigenvalue weighted by Gasteiger charge is -2.20. The van der Waals surface area contributed by atoms with Crippen LogP contribution in [0, 0.1) is 0 Å². The third-order valence-electron chi connectivity index (χ3n) is 4.07. The third-order valence-corrected chi connectivity index (χ3v) is 4.07. The zero-order valence-electron chi connectivity index (χ0n) is 15.3. The van der Waals surface area contributed by atoms with Gasteiger partial charge in [0.25, 0.3) is 0 Å². The number of nitrogens with one attached hydrogen (secondary N) is 1. The van der Waals surface area contributed by atoms with Crippen molar-refractivity contribution in [1.29, 1.82) is 0 Å². The maximum atomic E-state index is 11.7. The molecule has 0 fully saturated rings. The summed E-state index contributed by atoms with van der Waals surface area (Å²) in [6.07, 6.45) is 10.3. The number of unbranched alkanes of at least 4 members (excludes halogenated alkanes) is 7. The first kappa shape index (κ1) is 22.9. The number of rotatable bonds is 17. The number of carboxylic acid groups (broad SMARTS) is 1. The van der Waals surface area contributed by atoms with Gasteiger partial charge < -0.3 is 15.5 Å².